The van der Waals surface area contributed by atoms with E-state index in [-0.39, 0.29) is 18.3 Å². The van der Waals surface area contributed by atoms with Gasteiger partial charge in [-0.25, -0.2) is 9.97 Å². The Kier molecular flexibility index (Phi) is 17.4. The first-order valence-electron chi connectivity index (χ1n) is 32.8. The molecular formula is C88H66BClN6O2. The fourth-order valence-electron chi connectivity index (χ4n) is 12.6. The minimum Gasteiger partial charge on any atom is -0.399 e. The Morgan fingerprint density at radius 2 is 0.582 bits per heavy atom. The number of nitrogens with zero attached hydrogens (tertiary/aromatic N) is 6. The van der Waals surface area contributed by atoms with Crippen molar-refractivity contribution in [3.05, 3.63) is 334 Å². The van der Waals surface area contributed by atoms with E-state index in [0.29, 0.717) is 5.02 Å². The van der Waals surface area contributed by atoms with Gasteiger partial charge in [0.15, 0.2) is 0 Å². The number of aromatic nitrogens is 6. The number of benzene rings is 10. The van der Waals surface area contributed by atoms with Gasteiger partial charge >= 0.3 is 7.12 Å². The van der Waals surface area contributed by atoms with Gasteiger partial charge in [-0.1, -0.05) is 236 Å². The predicted molar refractivity (Wildman–Crippen MR) is 406 cm³/mol. The van der Waals surface area contributed by atoms with E-state index < -0.39 is 0 Å². The van der Waals surface area contributed by atoms with E-state index in [0.717, 1.165) is 106 Å². The highest BCUT2D eigenvalue weighted by Crippen LogP contribution is 2.39. The zero-order valence-corrected chi connectivity index (χ0v) is 55.4. The van der Waals surface area contributed by atoms with Crippen LogP contribution < -0.4 is 5.46 Å². The van der Waals surface area contributed by atoms with E-state index in [1.54, 1.807) is 24.8 Å². The van der Waals surface area contributed by atoms with Crippen molar-refractivity contribution < 1.29 is 9.31 Å². The molecule has 1 saturated heterocycles. The van der Waals surface area contributed by atoms with Crippen molar-refractivity contribution in [1.29, 1.82) is 0 Å². The first-order valence-corrected chi connectivity index (χ1v) is 33.2. The Balaban J connectivity index is 0.000000127. The molecule has 10 heteroatoms. The highest BCUT2D eigenvalue weighted by molar-refractivity contribution is 6.62. The quantitative estimate of drug-likeness (QED) is 0.0987. The summed E-state index contributed by atoms with van der Waals surface area (Å²) in [5.41, 5.74) is 19.3. The van der Waals surface area contributed by atoms with Crippen molar-refractivity contribution in [1.82, 2.24) is 29.9 Å². The number of halogens is 1. The first kappa shape index (κ1) is 62.5. The Morgan fingerprint density at radius 3 is 0.959 bits per heavy atom. The van der Waals surface area contributed by atoms with Crippen molar-refractivity contribution in [2.45, 2.75) is 38.9 Å². The van der Waals surface area contributed by atoms with Crippen LogP contribution in [0.3, 0.4) is 0 Å². The normalized spacial score (nSPS) is 13.0. The van der Waals surface area contributed by atoms with Crippen LogP contribution in [0.1, 0.15) is 27.7 Å². The van der Waals surface area contributed by atoms with Crippen LogP contribution >= 0.6 is 11.6 Å². The number of hydrogen-bond donors (Lipinski definition) is 0. The molecule has 16 aromatic rings. The summed E-state index contributed by atoms with van der Waals surface area (Å²) in [6, 6.07) is 97.1. The largest absolute Gasteiger partial charge is 0.494 e. The molecule has 0 N–H and O–H groups in total. The van der Waals surface area contributed by atoms with Gasteiger partial charge in [-0.3, -0.25) is 19.9 Å². The molecule has 7 heterocycles. The molecule has 0 radical (unpaired) electrons. The van der Waals surface area contributed by atoms with Crippen molar-refractivity contribution in [2.24, 2.45) is 0 Å². The third-order valence-electron chi connectivity index (χ3n) is 18.7. The molecule has 0 unspecified atom stereocenters. The Hall–Kier alpha value is -11.6. The number of fused-ring (bicyclic) bond motifs is 6. The smallest absolute Gasteiger partial charge is 0.399 e. The minimum atomic E-state index is -0.310. The molecule has 6 aromatic heterocycles. The van der Waals surface area contributed by atoms with Gasteiger partial charge in [0.1, 0.15) is 0 Å². The maximum atomic E-state index is 6.45. The molecule has 98 heavy (non-hydrogen) atoms. The standard InChI is InChI=1S/C41H27N3.C27H18ClN3.C20H21BO2/c1-2-8-38-30(5-1)13-18-34-23-33(19-20-39(34)38)37-24-40(31-14-9-28(10-15-31)35-6-3-21-42-26-35)44-41(25-37)32-16-11-29(12-17-32)36-7-4-22-43-27-36;28-25-15-26(21-9-5-19(6-10-21)23-3-1-13-29-17-23)31-27(16-25)22-11-7-20(8-12-22)24-4-2-14-30-18-24;1-19(2)20(3,4)23-21(22-19)16-11-12-18-15(13-16)10-9-14-7-5-6-8-17(14)18/h1-27H;1-18H;5-13H,1-4H3. The highest BCUT2D eigenvalue weighted by atomic mass is 35.5. The zero-order chi connectivity index (χ0) is 66.6. The van der Waals surface area contributed by atoms with Gasteiger partial charge in [-0.2, -0.15) is 0 Å². The van der Waals surface area contributed by atoms with Crippen LogP contribution in [0.15, 0.2) is 329 Å². The van der Waals surface area contributed by atoms with Gasteiger partial charge in [0.2, 0.25) is 0 Å². The van der Waals surface area contributed by atoms with Crippen LogP contribution in [0.4, 0.5) is 0 Å². The first-order chi connectivity index (χ1) is 47.9. The lowest BCUT2D eigenvalue weighted by atomic mass is 9.78. The molecule has 8 nitrogen and oxygen atoms in total. The molecule has 0 amide bonds. The lowest BCUT2D eigenvalue weighted by Gasteiger charge is -2.32. The highest BCUT2D eigenvalue weighted by Gasteiger charge is 2.51. The lowest BCUT2D eigenvalue weighted by molar-refractivity contribution is 0.00578. The van der Waals surface area contributed by atoms with Crippen molar-refractivity contribution >= 4 is 67.3 Å². The summed E-state index contributed by atoms with van der Waals surface area (Å²) < 4.78 is 12.3. The van der Waals surface area contributed by atoms with Crippen LogP contribution in [0.5, 0.6) is 0 Å². The van der Waals surface area contributed by atoms with E-state index in [1.165, 1.54) is 43.1 Å². The monoisotopic (exact) mass is 1280 g/mol. The lowest BCUT2D eigenvalue weighted by Crippen LogP contribution is -2.41. The third-order valence-corrected chi connectivity index (χ3v) is 18.9. The summed E-state index contributed by atoms with van der Waals surface area (Å²) in [6.45, 7) is 8.34. The average molecular weight is 1290 g/mol. The van der Waals surface area contributed by atoms with E-state index in [4.69, 9.17) is 30.9 Å². The molecule has 1 fully saturated rings. The fraction of sp³-hybridized carbons (Fsp3) is 0.0682. The van der Waals surface area contributed by atoms with E-state index in [9.17, 15) is 0 Å². The molecular weight excluding hydrogens is 1220 g/mol. The van der Waals surface area contributed by atoms with Gasteiger partial charge in [-0.05, 0) is 186 Å². The van der Waals surface area contributed by atoms with Gasteiger partial charge in [0, 0.05) is 76.9 Å². The molecule has 0 atom stereocenters. The minimum absolute atomic E-state index is 0.309. The Morgan fingerprint density at radius 1 is 0.265 bits per heavy atom. The second kappa shape index (κ2) is 27.3. The van der Waals surface area contributed by atoms with Gasteiger partial charge in [-0.15, -0.1) is 0 Å². The van der Waals surface area contributed by atoms with Crippen LogP contribution in [-0.2, 0) is 9.31 Å². The molecule has 0 aliphatic carbocycles. The molecule has 10 aromatic carbocycles. The van der Waals surface area contributed by atoms with E-state index in [1.807, 2.05) is 73.3 Å². The maximum Gasteiger partial charge on any atom is 0.494 e. The Labute approximate surface area is 576 Å². The maximum absolute atomic E-state index is 6.45. The second-order valence-electron chi connectivity index (χ2n) is 25.5. The van der Waals surface area contributed by atoms with Crippen LogP contribution in [0, 0.1) is 0 Å². The molecule has 17 rings (SSSR count). The van der Waals surface area contributed by atoms with Crippen molar-refractivity contribution in [2.75, 3.05) is 0 Å². The molecule has 0 bridgehead atoms. The van der Waals surface area contributed by atoms with Gasteiger partial charge < -0.3 is 9.31 Å². The SMILES string of the molecule is CC1(C)OB(c2ccc3c(ccc4ccccc43)c2)OC1(C)C.Clc1cc(-c2ccc(-c3cccnc3)cc2)nc(-c2ccc(-c3cccnc3)cc2)c1.c1cncc(-c2ccc(-c3cc(-c4ccc5c(ccc6ccccc65)c4)cc(-c4ccc(-c5cccnc5)cc4)n3)cc2)c1. The fourth-order valence-corrected chi connectivity index (χ4v) is 12.8. The van der Waals surface area contributed by atoms with Crippen LogP contribution in [0.25, 0.3) is 144 Å². The van der Waals surface area contributed by atoms with Crippen molar-refractivity contribution in [3.8, 4) is 101 Å². The summed E-state index contributed by atoms with van der Waals surface area (Å²) in [6.07, 6.45) is 14.7. The number of pyridine rings is 6. The van der Waals surface area contributed by atoms with Crippen LogP contribution in [-0.4, -0.2) is 48.2 Å². The second-order valence-corrected chi connectivity index (χ2v) is 26.0. The van der Waals surface area contributed by atoms with Gasteiger partial charge in [0.05, 0.1) is 34.0 Å². The van der Waals surface area contributed by atoms with E-state index >= 15 is 0 Å². The summed E-state index contributed by atoms with van der Waals surface area (Å²) in [4.78, 5) is 27.0. The average Bonchev–Trinajstić information content (AvgIpc) is 1.17. The van der Waals surface area contributed by atoms with E-state index in [2.05, 4.69) is 278 Å². The summed E-state index contributed by atoms with van der Waals surface area (Å²) in [7, 11) is -0.309. The number of hydrogen-bond acceptors (Lipinski definition) is 8. The molecule has 0 saturated carbocycles. The van der Waals surface area contributed by atoms with Crippen molar-refractivity contribution in [3.63, 3.8) is 0 Å². The molecule has 0 spiro atoms. The summed E-state index contributed by atoms with van der Waals surface area (Å²) >= 11 is 6.45. The molecule has 1 aliphatic heterocycles. The number of rotatable bonds is 10. The zero-order valence-electron chi connectivity index (χ0n) is 54.6. The summed E-state index contributed by atoms with van der Waals surface area (Å²) in [5, 5.41) is 10.7. The summed E-state index contributed by atoms with van der Waals surface area (Å²) in [5.74, 6) is 0. The van der Waals surface area contributed by atoms with Gasteiger partial charge in [0.25, 0.3) is 0 Å². The predicted octanol–water partition coefficient (Wildman–Crippen LogP) is 22.0. The topological polar surface area (TPSA) is 95.8 Å². The van der Waals surface area contributed by atoms with Crippen LogP contribution in [0.2, 0.25) is 5.02 Å². The molecule has 1 aliphatic rings. The Bertz CT molecular complexity index is 5280. The third kappa shape index (κ3) is 13.4. The molecule has 470 valence electrons.